The molecule has 1 rings (SSSR count). The third kappa shape index (κ3) is 8.05. The molecule has 0 heterocycles. The van der Waals surface area contributed by atoms with E-state index in [1.54, 1.807) is 0 Å². The van der Waals surface area contributed by atoms with Crippen LogP contribution in [0, 0.1) is 11.3 Å². The normalized spacial score (nSPS) is 24.4. The lowest BCUT2D eigenvalue weighted by atomic mass is 9.81. The molecule has 0 amide bonds. The zero-order valence-corrected chi connectivity index (χ0v) is 16.3. The fraction of sp³-hybridized carbons (Fsp3) is 0.789. The molecule has 2 unspecified atom stereocenters. The van der Waals surface area contributed by atoms with Crippen LogP contribution in [-0.4, -0.2) is 21.9 Å². The van der Waals surface area contributed by atoms with E-state index < -0.39 is 0 Å². The van der Waals surface area contributed by atoms with Crippen LogP contribution >= 0.6 is 11.8 Å². The van der Waals surface area contributed by atoms with Gasteiger partial charge in [0.15, 0.2) is 0 Å². The molecule has 0 aliphatic heterocycles. The molecule has 0 N–H and O–H groups in total. The summed E-state index contributed by atoms with van der Waals surface area (Å²) in [4.78, 5) is 24.6. The van der Waals surface area contributed by atoms with Gasteiger partial charge in [-0.3, -0.25) is 4.79 Å². The van der Waals surface area contributed by atoms with Crippen molar-refractivity contribution in [2.45, 2.75) is 84.5 Å². The van der Waals surface area contributed by atoms with E-state index in [4.69, 9.17) is 4.74 Å². The fourth-order valence-corrected chi connectivity index (χ4v) is 3.16. The quantitative estimate of drug-likeness (QED) is 0.483. The Morgan fingerprint density at radius 3 is 2.35 bits per heavy atom. The van der Waals surface area contributed by atoms with Gasteiger partial charge in [0.25, 0.3) is 0 Å². The molecule has 3 nitrogen and oxygen atoms in total. The van der Waals surface area contributed by atoms with E-state index in [-0.39, 0.29) is 33.3 Å². The molecule has 0 spiro atoms. The third-order valence-electron chi connectivity index (χ3n) is 3.89. The van der Waals surface area contributed by atoms with Crippen LogP contribution in [0.1, 0.15) is 73.6 Å². The van der Waals surface area contributed by atoms with Crippen molar-refractivity contribution in [1.29, 1.82) is 0 Å². The monoisotopic (exact) mass is 340 g/mol. The van der Waals surface area contributed by atoms with Crippen molar-refractivity contribution in [1.82, 2.24) is 0 Å². The molecule has 1 aliphatic carbocycles. The Balaban J connectivity index is 2.81. The second-order valence-corrected chi connectivity index (χ2v) is 10.2. The van der Waals surface area contributed by atoms with Crippen LogP contribution in [0.2, 0.25) is 0 Å². The Hall–Kier alpha value is -0.770. The van der Waals surface area contributed by atoms with E-state index >= 15 is 0 Å². The molecule has 2 atom stereocenters. The van der Waals surface area contributed by atoms with E-state index in [9.17, 15) is 9.59 Å². The maximum atomic E-state index is 12.4. The number of ether oxygens (including phenoxy) is 1. The molecule has 0 radical (unpaired) electrons. The Morgan fingerprint density at radius 2 is 1.78 bits per heavy atom. The van der Waals surface area contributed by atoms with Gasteiger partial charge in [0.05, 0.1) is 0 Å². The van der Waals surface area contributed by atoms with Crippen molar-refractivity contribution in [2.75, 3.05) is 0 Å². The summed E-state index contributed by atoms with van der Waals surface area (Å²) in [5.41, 5.74) is -0.346. The topological polar surface area (TPSA) is 43.4 Å². The number of ketones is 1. The highest BCUT2D eigenvalue weighted by Gasteiger charge is 2.31. The van der Waals surface area contributed by atoms with E-state index in [2.05, 4.69) is 6.08 Å². The minimum atomic E-state index is -0.346. The van der Waals surface area contributed by atoms with Gasteiger partial charge < -0.3 is 4.74 Å². The van der Waals surface area contributed by atoms with Crippen LogP contribution < -0.4 is 0 Å². The van der Waals surface area contributed by atoms with Gasteiger partial charge in [-0.25, -0.2) is 4.79 Å². The van der Waals surface area contributed by atoms with Gasteiger partial charge in [-0.05, 0) is 37.1 Å². The second kappa shape index (κ2) is 8.36. The maximum Gasteiger partial charge on any atom is 0.368 e. The van der Waals surface area contributed by atoms with Gasteiger partial charge in [-0.2, -0.15) is 0 Å². The van der Waals surface area contributed by atoms with Crippen molar-refractivity contribution < 1.29 is 14.3 Å². The van der Waals surface area contributed by atoms with Crippen LogP contribution in [0.3, 0.4) is 0 Å². The molecular weight excluding hydrogens is 308 g/mol. The van der Waals surface area contributed by atoms with Crippen LogP contribution in [0.5, 0.6) is 0 Å². The van der Waals surface area contributed by atoms with Crippen molar-refractivity contribution >= 4 is 22.8 Å². The summed E-state index contributed by atoms with van der Waals surface area (Å²) in [6, 6.07) is 0. The summed E-state index contributed by atoms with van der Waals surface area (Å²) in [7, 11) is 0. The van der Waals surface area contributed by atoms with Gasteiger partial charge >= 0.3 is 5.30 Å². The lowest BCUT2D eigenvalue weighted by Gasteiger charge is -2.29. The highest BCUT2D eigenvalue weighted by molar-refractivity contribution is 8.14. The smallest absolute Gasteiger partial charge is 0.368 e. The Morgan fingerprint density at radius 1 is 1.13 bits per heavy atom. The molecule has 0 saturated heterocycles. The summed E-state index contributed by atoms with van der Waals surface area (Å²) in [5.74, 6) is 0.323. The first kappa shape index (κ1) is 20.3. The van der Waals surface area contributed by atoms with Crippen molar-refractivity contribution in [3.63, 3.8) is 0 Å². The van der Waals surface area contributed by atoms with Crippen LogP contribution in [0.25, 0.3) is 0 Å². The minimum absolute atomic E-state index is 0.0859. The van der Waals surface area contributed by atoms with E-state index in [0.29, 0.717) is 6.42 Å². The minimum Gasteiger partial charge on any atom is -0.450 e. The molecule has 4 heteroatoms. The first-order valence-corrected chi connectivity index (χ1v) is 9.40. The second-order valence-electron chi connectivity index (χ2n) is 8.40. The Bertz CT molecular complexity index is 441. The lowest BCUT2D eigenvalue weighted by Crippen LogP contribution is -2.31. The predicted molar refractivity (Wildman–Crippen MR) is 97.8 cm³/mol. The number of carbonyl (C=O) groups excluding carboxylic acids is 2. The largest absolute Gasteiger partial charge is 0.450 e. The van der Waals surface area contributed by atoms with Crippen molar-refractivity contribution in [3.05, 3.63) is 12.2 Å². The zero-order valence-electron chi connectivity index (χ0n) is 15.5. The third-order valence-corrected chi connectivity index (χ3v) is 4.77. The van der Waals surface area contributed by atoms with Crippen molar-refractivity contribution in [2.24, 2.45) is 11.3 Å². The van der Waals surface area contributed by atoms with Crippen LogP contribution in [0.15, 0.2) is 12.2 Å². The number of rotatable bonds is 3. The summed E-state index contributed by atoms with van der Waals surface area (Å²) in [6.45, 7) is 11.8. The highest BCUT2D eigenvalue weighted by Crippen LogP contribution is 2.31. The molecule has 23 heavy (non-hydrogen) atoms. The number of Topliss-reactive ketones (excluding diaryl/α,β-unsaturated/α-hetero) is 1. The first-order chi connectivity index (χ1) is 10.5. The first-order valence-electron chi connectivity index (χ1n) is 8.58. The van der Waals surface area contributed by atoms with E-state index in [0.717, 1.165) is 25.7 Å². The standard InChI is InChI=1S/C19H32O3S/c1-18(2,3)16(20)13-14-11-9-7-8-10-12-15(14)22-17(21)23-19(4,5)6/h10,12,14-15H,7-9,11,13H2,1-6H3/b12-10+. The van der Waals surface area contributed by atoms with Gasteiger partial charge in [-0.15, -0.1) is 0 Å². The SMILES string of the molecule is CC(C)(C)SC(=O)OC1/C=C/CCCCC1CC(=O)C(C)(C)C. The average Bonchev–Trinajstić information content (AvgIpc) is 2.33. The van der Waals surface area contributed by atoms with E-state index in [1.165, 1.54) is 11.8 Å². The van der Waals surface area contributed by atoms with Crippen molar-refractivity contribution in [3.8, 4) is 0 Å². The van der Waals surface area contributed by atoms with Gasteiger partial charge in [0.2, 0.25) is 0 Å². The number of thioether (sulfide) groups is 1. The molecule has 1 aliphatic rings. The van der Waals surface area contributed by atoms with E-state index in [1.807, 2.05) is 47.6 Å². The number of allylic oxidation sites excluding steroid dienone is 1. The Labute approximate surface area is 145 Å². The van der Waals surface area contributed by atoms with Crippen LogP contribution in [0.4, 0.5) is 4.79 Å². The number of carbonyl (C=O) groups is 2. The fourth-order valence-electron chi connectivity index (χ4n) is 2.50. The molecule has 132 valence electrons. The molecule has 0 aromatic heterocycles. The zero-order chi connectivity index (χ0) is 17.7. The summed E-state index contributed by atoms with van der Waals surface area (Å²) < 4.78 is 5.55. The van der Waals surface area contributed by atoms with Gasteiger partial charge in [0, 0.05) is 22.5 Å². The summed E-state index contributed by atoms with van der Waals surface area (Å²) in [5, 5.41) is -0.249. The molecule has 0 aromatic carbocycles. The molecule has 0 bridgehead atoms. The lowest BCUT2D eigenvalue weighted by molar-refractivity contribution is -0.128. The molecule has 0 saturated carbocycles. The van der Waals surface area contributed by atoms with Gasteiger partial charge in [0.1, 0.15) is 11.9 Å². The molecule has 0 aromatic rings. The highest BCUT2D eigenvalue weighted by atomic mass is 32.2. The van der Waals surface area contributed by atoms with Gasteiger partial charge in [-0.1, -0.05) is 54.0 Å². The number of hydrogen-bond acceptors (Lipinski definition) is 4. The molecule has 0 fully saturated rings. The predicted octanol–water partition coefficient (Wildman–Crippen LogP) is 5.78. The Kier molecular flexibility index (Phi) is 7.37. The average molecular weight is 341 g/mol. The maximum absolute atomic E-state index is 12.4. The summed E-state index contributed by atoms with van der Waals surface area (Å²) >= 11 is 1.21. The van der Waals surface area contributed by atoms with Crippen LogP contribution in [-0.2, 0) is 9.53 Å². The summed E-state index contributed by atoms with van der Waals surface area (Å²) in [6.07, 6.45) is 8.43. The molecular formula is C19H32O3S. The number of hydrogen-bond donors (Lipinski definition) is 0.